The lowest BCUT2D eigenvalue weighted by molar-refractivity contribution is 0.669. The Labute approximate surface area is 404 Å². The molecule has 0 spiro atoms. The molecule has 326 valence electrons. The minimum absolute atomic E-state index is 0.466. The van der Waals surface area contributed by atoms with Gasteiger partial charge in [0, 0.05) is 27.5 Å². The van der Waals surface area contributed by atoms with Gasteiger partial charge in [-0.05, 0) is 114 Å². The van der Waals surface area contributed by atoms with Crippen LogP contribution in [0.2, 0.25) is 0 Å². The third-order valence-electron chi connectivity index (χ3n) is 14.4. The molecule has 0 radical (unpaired) electrons. The van der Waals surface area contributed by atoms with Crippen molar-refractivity contribution in [1.29, 1.82) is 0 Å². The second-order valence-electron chi connectivity index (χ2n) is 18.3. The average molecular weight is 892 g/mol. The molecule has 0 unspecified atom stereocenters. The van der Waals surface area contributed by atoms with E-state index in [1.54, 1.807) is 0 Å². The molecule has 4 heteroatoms. The minimum Gasteiger partial charge on any atom is -0.456 e. The van der Waals surface area contributed by atoms with Crippen LogP contribution in [0.4, 0.5) is 0 Å². The molecular weight excluding hydrogens is 851 g/mol. The Balaban J connectivity index is 0.902. The van der Waals surface area contributed by atoms with E-state index in [4.69, 9.17) is 19.4 Å². The highest BCUT2D eigenvalue weighted by Crippen LogP contribution is 2.57. The molecule has 0 fully saturated rings. The number of benzene rings is 11. The van der Waals surface area contributed by atoms with Gasteiger partial charge >= 0.3 is 0 Å². The molecule has 0 bridgehead atoms. The Morgan fingerprint density at radius 3 is 1.36 bits per heavy atom. The van der Waals surface area contributed by atoms with Gasteiger partial charge in [-0.15, -0.1) is 0 Å². The Kier molecular flexibility index (Phi) is 9.08. The molecule has 1 aliphatic carbocycles. The summed E-state index contributed by atoms with van der Waals surface area (Å²) in [5.41, 5.74) is 16.2. The van der Waals surface area contributed by atoms with E-state index in [2.05, 4.69) is 176 Å². The maximum Gasteiger partial charge on any atom is 0.164 e. The lowest BCUT2D eigenvalue weighted by atomic mass is 9.67. The van der Waals surface area contributed by atoms with Crippen LogP contribution < -0.4 is 0 Å². The van der Waals surface area contributed by atoms with Crippen LogP contribution >= 0.6 is 0 Å². The Bertz CT molecular complexity index is 4070. The highest BCUT2D eigenvalue weighted by atomic mass is 16.3. The smallest absolute Gasteiger partial charge is 0.164 e. The predicted molar refractivity (Wildman–Crippen MR) is 287 cm³/mol. The van der Waals surface area contributed by atoms with Gasteiger partial charge in [-0.25, -0.2) is 15.0 Å². The molecule has 0 aliphatic heterocycles. The summed E-state index contributed by atoms with van der Waals surface area (Å²) in [6.45, 7) is 0. The summed E-state index contributed by atoms with van der Waals surface area (Å²) in [5.74, 6) is 1.84. The third-order valence-corrected chi connectivity index (χ3v) is 14.4. The van der Waals surface area contributed by atoms with Crippen molar-refractivity contribution in [1.82, 2.24) is 15.0 Å². The van der Waals surface area contributed by atoms with Crippen molar-refractivity contribution in [2.75, 3.05) is 0 Å². The molecule has 2 aromatic heterocycles. The quantitative estimate of drug-likeness (QED) is 0.150. The van der Waals surface area contributed by atoms with E-state index >= 15 is 0 Å². The third kappa shape index (κ3) is 6.27. The van der Waals surface area contributed by atoms with E-state index in [0.29, 0.717) is 17.5 Å². The summed E-state index contributed by atoms with van der Waals surface area (Å²) in [6, 6.07) is 89.2. The van der Waals surface area contributed by atoms with Crippen molar-refractivity contribution >= 4 is 43.5 Å². The van der Waals surface area contributed by atoms with Gasteiger partial charge in [-0.2, -0.15) is 0 Å². The SMILES string of the molecule is c1ccc(-c2nc(-c3ccccc3)nc(-c3cccc4oc5ccc(-c6ccc7ccc8ccc(-c9ccc%10c(c9)C(c9ccccc9)(c9ccccc9)c9ccccc9-%10)cc8c7c6)cc5c34)n2)cc1. The summed E-state index contributed by atoms with van der Waals surface area (Å²) in [4.78, 5) is 15.2. The maximum atomic E-state index is 6.56. The topological polar surface area (TPSA) is 51.8 Å². The molecule has 13 aromatic rings. The van der Waals surface area contributed by atoms with E-state index in [0.717, 1.165) is 49.8 Å². The maximum absolute atomic E-state index is 6.56. The van der Waals surface area contributed by atoms with Crippen molar-refractivity contribution < 1.29 is 4.42 Å². The molecule has 2 heterocycles. The van der Waals surface area contributed by atoms with Crippen LogP contribution in [0.25, 0.3) is 111 Å². The number of hydrogen-bond acceptors (Lipinski definition) is 4. The highest BCUT2D eigenvalue weighted by molar-refractivity contribution is 6.14. The monoisotopic (exact) mass is 891 g/mol. The van der Waals surface area contributed by atoms with Crippen molar-refractivity contribution in [3.8, 4) is 67.5 Å². The summed E-state index contributed by atoms with van der Waals surface area (Å²) >= 11 is 0. The second-order valence-corrected chi connectivity index (χ2v) is 18.3. The number of fused-ring (bicyclic) bond motifs is 9. The van der Waals surface area contributed by atoms with Crippen LogP contribution in [0.15, 0.2) is 253 Å². The molecule has 0 saturated carbocycles. The molecule has 11 aromatic carbocycles. The van der Waals surface area contributed by atoms with E-state index in [9.17, 15) is 0 Å². The average Bonchev–Trinajstić information content (AvgIpc) is 3.97. The largest absolute Gasteiger partial charge is 0.456 e. The zero-order chi connectivity index (χ0) is 46.2. The first kappa shape index (κ1) is 39.9. The standard InChI is InChI=1S/C66H41N3O/c1-5-16-44(17-6-1)63-67-64(45-18-7-2-8-19-45)69-65(68-63)54-25-15-27-61-62(54)57-40-48(35-37-60(57)70-61)46-32-30-42-28-29-43-31-33-47(39-56(43)55(42)38-46)49-34-36-53-52-24-13-14-26-58(52)66(59(53)41-49,50-20-9-3-10-21-50)51-22-11-4-12-23-51/h1-41H. The van der Waals surface area contributed by atoms with E-state index in [1.165, 1.54) is 66.1 Å². The van der Waals surface area contributed by atoms with E-state index in [-0.39, 0.29) is 0 Å². The summed E-state index contributed by atoms with van der Waals surface area (Å²) in [7, 11) is 0. The number of hydrogen-bond donors (Lipinski definition) is 0. The van der Waals surface area contributed by atoms with Gasteiger partial charge in [0.1, 0.15) is 11.2 Å². The molecule has 70 heavy (non-hydrogen) atoms. The van der Waals surface area contributed by atoms with Gasteiger partial charge in [0.2, 0.25) is 0 Å². The first-order valence-electron chi connectivity index (χ1n) is 23.8. The number of nitrogens with zero attached hydrogens (tertiary/aromatic N) is 3. The molecule has 1 aliphatic rings. The Morgan fingerprint density at radius 2 is 0.743 bits per heavy atom. The zero-order valence-electron chi connectivity index (χ0n) is 37.9. The summed E-state index contributed by atoms with van der Waals surface area (Å²) in [6.07, 6.45) is 0. The first-order valence-corrected chi connectivity index (χ1v) is 23.8. The summed E-state index contributed by atoms with van der Waals surface area (Å²) in [5, 5.41) is 6.80. The fraction of sp³-hybridized carbons (Fsp3) is 0.0152. The van der Waals surface area contributed by atoms with Crippen LogP contribution in [0, 0.1) is 0 Å². The molecule has 0 saturated heterocycles. The van der Waals surface area contributed by atoms with Crippen molar-refractivity contribution in [3.63, 3.8) is 0 Å². The highest BCUT2D eigenvalue weighted by Gasteiger charge is 2.46. The first-order chi connectivity index (χ1) is 34.7. The van der Waals surface area contributed by atoms with Crippen molar-refractivity contribution in [3.05, 3.63) is 271 Å². The zero-order valence-corrected chi connectivity index (χ0v) is 37.9. The Morgan fingerprint density at radius 1 is 0.286 bits per heavy atom. The lowest BCUT2D eigenvalue weighted by Gasteiger charge is -2.34. The molecule has 4 nitrogen and oxygen atoms in total. The lowest BCUT2D eigenvalue weighted by Crippen LogP contribution is -2.28. The van der Waals surface area contributed by atoms with Gasteiger partial charge in [-0.1, -0.05) is 212 Å². The number of furan rings is 1. The van der Waals surface area contributed by atoms with Crippen LogP contribution in [-0.2, 0) is 5.41 Å². The fourth-order valence-corrected chi connectivity index (χ4v) is 11.2. The number of aromatic nitrogens is 3. The molecule has 14 rings (SSSR count). The number of rotatable bonds is 7. The molecule has 0 amide bonds. The van der Waals surface area contributed by atoms with Crippen molar-refractivity contribution in [2.45, 2.75) is 5.41 Å². The van der Waals surface area contributed by atoms with Crippen molar-refractivity contribution in [2.24, 2.45) is 0 Å². The van der Waals surface area contributed by atoms with E-state index in [1.807, 2.05) is 72.8 Å². The van der Waals surface area contributed by atoms with Gasteiger partial charge < -0.3 is 4.42 Å². The fourth-order valence-electron chi connectivity index (χ4n) is 11.2. The van der Waals surface area contributed by atoms with Crippen LogP contribution in [-0.4, -0.2) is 15.0 Å². The van der Waals surface area contributed by atoms with Gasteiger partial charge in [0.25, 0.3) is 0 Å². The van der Waals surface area contributed by atoms with Crippen LogP contribution in [0.5, 0.6) is 0 Å². The van der Waals surface area contributed by atoms with Gasteiger partial charge in [-0.3, -0.25) is 0 Å². The predicted octanol–water partition coefficient (Wildman–Crippen LogP) is 16.8. The molecule has 0 N–H and O–H groups in total. The minimum atomic E-state index is -0.466. The van der Waals surface area contributed by atoms with Crippen LogP contribution in [0.1, 0.15) is 22.3 Å². The van der Waals surface area contributed by atoms with Crippen LogP contribution in [0.3, 0.4) is 0 Å². The molecular formula is C66H41N3O. The summed E-state index contributed by atoms with van der Waals surface area (Å²) < 4.78 is 6.56. The normalized spacial score (nSPS) is 12.7. The second kappa shape index (κ2) is 15.9. The van der Waals surface area contributed by atoms with E-state index < -0.39 is 5.41 Å². The van der Waals surface area contributed by atoms with Gasteiger partial charge in [0.15, 0.2) is 17.5 Å². The molecule has 0 atom stereocenters. The van der Waals surface area contributed by atoms with Gasteiger partial charge in [0.05, 0.1) is 5.41 Å². The Hall–Kier alpha value is -9.25.